The van der Waals surface area contributed by atoms with Gasteiger partial charge in [-0.25, -0.2) is 9.13 Å². The highest BCUT2D eigenvalue weighted by Crippen LogP contribution is 2.45. The van der Waals surface area contributed by atoms with Crippen LogP contribution in [0.5, 0.6) is 0 Å². The fourth-order valence-corrected chi connectivity index (χ4v) is 13.2. The van der Waals surface area contributed by atoms with Gasteiger partial charge in [0.1, 0.15) is 19.3 Å². The van der Waals surface area contributed by atoms with E-state index in [0.717, 1.165) is 115 Å². The molecule has 6 atom stereocenters. The van der Waals surface area contributed by atoms with Gasteiger partial charge >= 0.3 is 39.5 Å². The van der Waals surface area contributed by atoms with Gasteiger partial charge in [-0.2, -0.15) is 0 Å². The maximum atomic E-state index is 13.1. The lowest BCUT2D eigenvalue weighted by Gasteiger charge is -2.21. The quantitative estimate of drug-likeness (QED) is 0.0222. The Kier molecular flexibility index (Phi) is 66.5. The van der Waals surface area contributed by atoms with E-state index >= 15 is 0 Å². The summed E-state index contributed by atoms with van der Waals surface area (Å²) in [6, 6.07) is 0. The molecule has 0 radical (unpaired) electrons. The van der Waals surface area contributed by atoms with Crippen LogP contribution in [0.4, 0.5) is 0 Å². The van der Waals surface area contributed by atoms with E-state index in [-0.39, 0.29) is 25.7 Å². The molecule has 0 amide bonds. The van der Waals surface area contributed by atoms with Gasteiger partial charge in [-0.3, -0.25) is 37.3 Å². The van der Waals surface area contributed by atoms with E-state index in [1.165, 1.54) is 199 Å². The standard InChI is InChI=1S/C76H148O17P2/c1-7-10-12-14-16-17-18-25-29-36-42-48-54-60-75(80)92-71(64-86-73(78)58-52-46-38-15-13-11-8-2)66-90-94(82,83)88-62-70(77)63-89-95(84,85)91-67-72(65-87-74(79)59-53-47-41-35-32-31-33-39-44-50-56-68(4)5)93-76(81)61-55-49-43-37-30-27-24-22-20-19-21-23-26-28-34-40-45-51-57-69(6)9-3/h68-72,77H,7-67H2,1-6H3,(H,82,83)(H,84,85)/t69?,70-,71+,72+/m0/s1. The van der Waals surface area contributed by atoms with Crippen molar-refractivity contribution in [3.8, 4) is 0 Å². The van der Waals surface area contributed by atoms with E-state index in [4.69, 9.17) is 37.0 Å². The van der Waals surface area contributed by atoms with Crippen molar-refractivity contribution in [3.05, 3.63) is 0 Å². The van der Waals surface area contributed by atoms with E-state index < -0.39 is 97.5 Å². The molecule has 564 valence electrons. The SMILES string of the molecule is CCCCCCCCCCCCCCCC(=O)O[C@H](COC(=O)CCCCCCCCC)COP(=O)(O)OC[C@H](O)COP(=O)(O)OC[C@@H](COC(=O)CCCCCCCCCCCCC(C)C)OC(=O)CCCCCCCCCCCCCCCCCCCCC(C)CC. The zero-order valence-electron chi connectivity index (χ0n) is 62.0. The average molecular weight is 1400 g/mol. The lowest BCUT2D eigenvalue weighted by atomic mass is 9.99. The molecule has 0 fully saturated rings. The first kappa shape index (κ1) is 93.1. The van der Waals surface area contributed by atoms with Gasteiger partial charge in [0.2, 0.25) is 0 Å². The van der Waals surface area contributed by atoms with Gasteiger partial charge in [-0.15, -0.1) is 0 Å². The second-order valence-electron chi connectivity index (χ2n) is 28.1. The first-order valence-corrected chi connectivity index (χ1v) is 42.5. The number of phosphoric ester groups is 2. The third kappa shape index (κ3) is 69.0. The van der Waals surface area contributed by atoms with Gasteiger partial charge in [0, 0.05) is 25.7 Å². The molecule has 19 heteroatoms. The highest BCUT2D eigenvalue weighted by atomic mass is 31.2. The summed E-state index contributed by atoms with van der Waals surface area (Å²) in [6.07, 6.45) is 55.6. The number of carbonyl (C=O) groups is 4. The fourth-order valence-electron chi connectivity index (χ4n) is 11.6. The molecule has 0 aromatic carbocycles. The van der Waals surface area contributed by atoms with Crippen molar-refractivity contribution < 1.29 is 80.2 Å². The van der Waals surface area contributed by atoms with Crippen LogP contribution >= 0.6 is 15.6 Å². The molecule has 3 unspecified atom stereocenters. The van der Waals surface area contributed by atoms with Gasteiger partial charge in [0.05, 0.1) is 26.4 Å². The number of hydrogen-bond acceptors (Lipinski definition) is 15. The molecule has 0 aliphatic carbocycles. The van der Waals surface area contributed by atoms with E-state index in [1.54, 1.807) is 0 Å². The summed E-state index contributed by atoms with van der Waals surface area (Å²) in [5, 5.41) is 10.6. The third-order valence-corrected chi connectivity index (χ3v) is 20.0. The van der Waals surface area contributed by atoms with E-state index in [2.05, 4.69) is 41.5 Å². The molecular weight excluding hydrogens is 1250 g/mol. The molecule has 0 aliphatic heterocycles. The first-order chi connectivity index (χ1) is 45.9. The summed E-state index contributed by atoms with van der Waals surface area (Å²) in [6.45, 7) is 9.62. The Hall–Kier alpha value is -1.94. The summed E-state index contributed by atoms with van der Waals surface area (Å²) in [7, 11) is -9.90. The van der Waals surface area contributed by atoms with E-state index in [1.807, 2.05) is 0 Å². The number of unbranched alkanes of at least 4 members (excludes halogenated alkanes) is 44. The lowest BCUT2D eigenvalue weighted by Crippen LogP contribution is -2.30. The molecule has 17 nitrogen and oxygen atoms in total. The molecule has 0 bridgehead atoms. The monoisotopic (exact) mass is 1400 g/mol. The summed E-state index contributed by atoms with van der Waals surface area (Å²) >= 11 is 0. The van der Waals surface area contributed by atoms with Gasteiger partial charge in [0.15, 0.2) is 12.2 Å². The number of aliphatic hydroxyl groups is 1. The number of phosphoric acid groups is 2. The zero-order chi connectivity index (χ0) is 70.0. The molecule has 0 saturated carbocycles. The molecule has 0 heterocycles. The Labute approximate surface area is 581 Å². The second kappa shape index (κ2) is 67.9. The van der Waals surface area contributed by atoms with Crippen molar-refractivity contribution >= 4 is 39.5 Å². The highest BCUT2D eigenvalue weighted by Gasteiger charge is 2.30. The number of carbonyl (C=O) groups excluding carboxylic acids is 4. The highest BCUT2D eigenvalue weighted by molar-refractivity contribution is 7.47. The predicted octanol–water partition coefficient (Wildman–Crippen LogP) is 22.3. The molecule has 0 aliphatic rings. The Morgan fingerprint density at radius 1 is 0.305 bits per heavy atom. The molecular formula is C76H148O17P2. The van der Waals surface area contributed by atoms with Crippen LogP contribution in [0.25, 0.3) is 0 Å². The van der Waals surface area contributed by atoms with Crippen molar-refractivity contribution in [1.82, 2.24) is 0 Å². The molecule has 0 aromatic heterocycles. The minimum Gasteiger partial charge on any atom is -0.462 e. The van der Waals surface area contributed by atoms with Gasteiger partial charge < -0.3 is 33.8 Å². The van der Waals surface area contributed by atoms with Gasteiger partial charge in [-0.05, 0) is 37.5 Å². The zero-order valence-corrected chi connectivity index (χ0v) is 63.8. The molecule has 0 aromatic rings. The Morgan fingerprint density at radius 2 is 0.537 bits per heavy atom. The third-order valence-electron chi connectivity index (χ3n) is 18.1. The first-order valence-electron chi connectivity index (χ1n) is 39.5. The molecule has 95 heavy (non-hydrogen) atoms. The van der Waals surface area contributed by atoms with Gasteiger partial charge in [0.25, 0.3) is 0 Å². The normalized spacial score (nSPS) is 14.3. The van der Waals surface area contributed by atoms with Crippen LogP contribution in [-0.4, -0.2) is 96.7 Å². The molecule has 3 N–H and O–H groups in total. The Bertz CT molecular complexity index is 1840. The number of rotatable bonds is 75. The predicted molar refractivity (Wildman–Crippen MR) is 386 cm³/mol. The Morgan fingerprint density at radius 3 is 0.800 bits per heavy atom. The topological polar surface area (TPSA) is 237 Å². The summed E-state index contributed by atoms with van der Waals surface area (Å²) in [5.74, 6) is -0.491. The Balaban J connectivity index is 5.15. The molecule has 0 saturated heterocycles. The minimum atomic E-state index is -4.96. The largest absolute Gasteiger partial charge is 0.472 e. The van der Waals surface area contributed by atoms with Crippen LogP contribution in [0.15, 0.2) is 0 Å². The van der Waals surface area contributed by atoms with Crippen molar-refractivity contribution in [2.24, 2.45) is 11.8 Å². The number of esters is 4. The lowest BCUT2D eigenvalue weighted by molar-refractivity contribution is -0.161. The van der Waals surface area contributed by atoms with Crippen molar-refractivity contribution in [2.75, 3.05) is 39.6 Å². The van der Waals surface area contributed by atoms with Crippen LogP contribution in [-0.2, 0) is 65.4 Å². The van der Waals surface area contributed by atoms with E-state index in [0.29, 0.717) is 25.7 Å². The van der Waals surface area contributed by atoms with Crippen LogP contribution in [0, 0.1) is 11.8 Å². The molecule has 0 spiro atoms. The van der Waals surface area contributed by atoms with Crippen LogP contribution in [0.2, 0.25) is 0 Å². The van der Waals surface area contributed by atoms with Crippen molar-refractivity contribution in [3.63, 3.8) is 0 Å². The number of aliphatic hydroxyl groups excluding tert-OH is 1. The van der Waals surface area contributed by atoms with Crippen LogP contribution in [0.3, 0.4) is 0 Å². The second-order valence-corrected chi connectivity index (χ2v) is 31.0. The fraction of sp³-hybridized carbons (Fsp3) is 0.947. The maximum Gasteiger partial charge on any atom is 0.472 e. The van der Waals surface area contributed by atoms with Crippen LogP contribution in [0.1, 0.15) is 395 Å². The summed E-state index contributed by atoms with van der Waals surface area (Å²) in [5.41, 5.74) is 0. The van der Waals surface area contributed by atoms with Crippen molar-refractivity contribution in [1.29, 1.82) is 0 Å². The van der Waals surface area contributed by atoms with E-state index in [9.17, 15) is 43.2 Å². The van der Waals surface area contributed by atoms with Gasteiger partial charge in [-0.1, -0.05) is 343 Å². The smallest absolute Gasteiger partial charge is 0.462 e. The maximum absolute atomic E-state index is 13.1. The van der Waals surface area contributed by atoms with Crippen LogP contribution < -0.4 is 0 Å². The minimum absolute atomic E-state index is 0.107. The average Bonchev–Trinajstić information content (AvgIpc) is 1.90. The van der Waals surface area contributed by atoms with Crippen molar-refractivity contribution in [2.45, 2.75) is 413 Å². The number of ether oxygens (including phenoxy) is 4. The summed E-state index contributed by atoms with van der Waals surface area (Å²) in [4.78, 5) is 72.6. The molecule has 0 rings (SSSR count). The number of hydrogen-bond donors (Lipinski definition) is 3. The summed E-state index contributed by atoms with van der Waals surface area (Å²) < 4.78 is 68.4.